The smallest absolute Gasteiger partial charge is 0.307 e. The van der Waals surface area contributed by atoms with Gasteiger partial charge >= 0.3 is 5.97 Å². The molecule has 1 aliphatic carbocycles. The molecule has 2 atom stereocenters. The number of carbonyl (C=O) groups is 2. The third-order valence-corrected chi connectivity index (χ3v) is 5.52. The molecule has 5 nitrogen and oxygen atoms in total. The van der Waals surface area contributed by atoms with Crippen molar-refractivity contribution in [2.45, 2.75) is 25.7 Å². The molecule has 0 radical (unpaired) electrons. The summed E-state index contributed by atoms with van der Waals surface area (Å²) in [6.07, 6.45) is 2.93. The first-order valence-electron chi connectivity index (χ1n) is 9.91. The molecule has 3 aromatic carbocycles. The fraction of sp³-hybridized carbons (Fsp3) is 0.250. The van der Waals surface area contributed by atoms with Crippen LogP contribution < -0.4 is 10.1 Å². The number of nitrogens with one attached hydrogen (secondary N) is 1. The molecule has 0 aromatic heterocycles. The molecule has 5 heteroatoms. The number of hydrogen-bond donors (Lipinski definition) is 2. The molecule has 0 aliphatic heterocycles. The van der Waals surface area contributed by atoms with Crippen molar-refractivity contribution in [3.05, 3.63) is 66.7 Å². The number of anilines is 1. The second-order valence-corrected chi connectivity index (χ2v) is 7.43. The van der Waals surface area contributed by atoms with Crippen molar-refractivity contribution in [1.82, 2.24) is 0 Å². The van der Waals surface area contributed by atoms with E-state index in [0.717, 1.165) is 29.4 Å². The molecule has 0 spiro atoms. The van der Waals surface area contributed by atoms with E-state index in [1.54, 1.807) is 24.3 Å². The van der Waals surface area contributed by atoms with Crippen LogP contribution in [0.1, 0.15) is 25.7 Å². The normalized spacial score (nSPS) is 18.9. The number of ether oxygens (including phenoxy) is 1. The van der Waals surface area contributed by atoms with Gasteiger partial charge in [-0.3, -0.25) is 9.59 Å². The minimum Gasteiger partial charge on any atom is -0.481 e. The lowest BCUT2D eigenvalue weighted by molar-refractivity contribution is -0.147. The van der Waals surface area contributed by atoms with Crippen molar-refractivity contribution in [1.29, 1.82) is 0 Å². The predicted molar refractivity (Wildman–Crippen MR) is 112 cm³/mol. The van der Waals surface area contributed by atoms with Gasteiger partial charge in [0.25, 0.3) is 0 Å². The minimum atomic E-state index is -0.885. The Hall–Kier alpha value is -3.34. The Kier molecular flexibility index (Phi) is 5.47. The van der Waals surface area contributed by atoms with Gasteiger partial charge in [0.1, 0.15) is 11.5 Å². The van der Waals surface area contributed by atoms with Crippen LogP contribution in [0.2, 0.25) is 0 Å². The van der Waals surface area contributed by atoms with Crippen molar-refractivity contribution in [2.24, 2.45) is 11.8 Å². The monoisotopic (exact) mass is 389 g/mol. The van der Waals surface area contributed by atoms with Gasteiger partial charge in [-0.05, 0) is 48.6 Å². The van der Waals surface area contributed by atoms with Gasteiger partial charge in [-0.15, -0.1) is 0 Å². The summed E-state index contributed by atoms with van der Waals surface area (Å²) in [4.78, 5) is 24.0. The van der Waals surface area contributed by atoms with Gasteiger partial charge in [0.15, 0.2) is 0 Å². The van der Waals surface area contributed by atoms with Gasteiger partial charge in [-0.1, -0.05) is 49.2 Å². The number of carboxylic acids is 1. The summed E-state index contributed by atoms with van der Waals surface area (Å²) in [7, 11) is 0. The molecule has 1 aliphatic rings. The van der Waals surface area contributed by atoms with Crippen LogP contribution in [0.15, 0.2) is 66.7 Å². The average Bonchev–Trinajstić information content (AvgIpc) is 2.75. The first-order valence-corrected chi connectivity index (χ1v) is 9.91. The van der Waals surface area contributed by atoms with Crippen molar-refractivity contribution < 1.29 is 19.4 Å². The van der Waals surface area contributed by atoms with Crippen LogP contribution in [0.4, 0.5) is 5.69 Å². The van der Waals surface area contributed by atoms with Crippen molar-refractivity contribution in [3.63, 3.8) is 0 Å². The van der Waals surface area contributed by atoms with E-state index in [-0.39, 0.29) is 5.91 Å². The average molecular weight is 389 g/mol. The fourth-order valence-corrected chi connectivity index (χ4v) is 3.99. The molecule has 2 N–H and O–H groups in total. The predicted octanol–water partition coefficient (Wildman–Crippen LogP) is 5.46. The molecule has 3 aromatic rings. The van der Waals surface area contributed by atoms with Gasteiger partial charge in [-0.2, -0.15) is 0 Å². The summed E-state index contributed by atoms with van der Waals surface area (Å²) in [6, 6.07) is 21.1. The first kappa shape index (κ1) is 19.0. The van der Waals surface area contributed by atoms with Crippen LogP contribution in [0.25, 0.3) is 10.8 Å². The molecular formula is C24H23NO4. The highest BCUT2D eigenvalue weighted by molar-refractivity contribution is 5.95. The number of carbonyl (C=O) groups excluding carboxylic acids is 1. The van der Waals surface area contributed by atoms with Crippen molar-refractivity contribution >= 4 is 28.3 Å². The van der Waals surface area contributed by atoms with Crippen LogP contribution in [-0.2, 0) is 9.59 Å². The Balaban J connectivity index is 1.45. The maximum Gasteiger partial charge on any atom is 0.307 e. The van der Waals surface area contributed by atoms with Crippen LogP contribution >= 0.6 is 0 Å². The Morgan fingerprint density at radius 2 is 1.55 bits per heavy atom. The highest BCUT2D eigenvalue weighted by Crippen LogP contribution is 2.32. The number of benzene rings is 3. The second kappa shape index (κ2) is 8.35. The number of hydrogen-bond acceptors (Lipinski definition) is 3. The molecule has 0 heterocycles. The maximum absolute atomic E-state index is 12.6. The zero-order valence-electron chi connectivity index (χ0n) is 16.0. The summed E-state index contributed by atoms with van der Waals surface area (Å²) in [5, 5.41) is 14.4. The Morgan fingerprint density at radius 1 is 0.862 bits per heavy atom. The molecule has 148 valence electrons. The third kappa shape index (κ3) is 4.24. The number of aliphatic carboxylic acids is 1. The summed E-state index contributed by atoms with van der Waals surface area (Å²) in [5.41, 5.74) is 0.634. The highest BCUT2D eigenvalue weighted by atomic mass is 16.5. The molecule has 0 unspecified atom stereocenters. The van der Waals surface area contributed by atoms with E-state index in [0.29, 0.717) is 24.3 Å². The zero-order valence-corrected chi connectivity index (χ0v) is 16.0. The molecule has 29 heavy (non-hydrogen) atoms. The van der Waals surface area contributed by atoms with Crippen LogP contribution in [0, 0.1) is 11.8 Å². The van der Waals surface area contributed by atoms with Gasteiger partial charge in [-0.25, -0.2) is 0 Å². The van der Waals surface area contributed by atoms with Gasteiger partial charge < -0.3 is 15.2 Å². The lowest BCUT2D eigenvalue weighted by Crippen LogP contribution is -2.36. The van der Waals surface area contributed by atoms with Crippen molar-refractivity contribution in [3.8, 4) is 11.5 Å². The van der Waals surface area contributed by atoms with Crippen LogP contribution in [-0.4, -0.2) is 17.0 Å². The van der Waals surface area contributed by atoms with E-state index < -0.39 is 17.8 Å². The van der Waals surface area contributed by atoms with E-state index in [2.05, 4.69) is 5.32 Å². The molecule has 1 fully saturated rings. The van der Waals surface area contributed by atoms with Crippen molar-refractivity contribution in [2.75, 3.05) is 5.32 Å². The molecule has 0 bridgehead atoms. The lowest BCUT2D eigenvalue weighted by atomic mass is 9.78. The van der Waals surface area contributed by atoms with E-state index in [4.69, 9.17) is 4.74 Å². The zero-order chi connectivity index (χ0) is 20.2. The first-order chi connectivity index (χ1) is 14.1. The second-order valence-electron chi connectivity index (χ2n) is 7.43. The number of carboxylic acid groups (broad SMARTS) is 1. The van der Waals surface area contributed by atoms with Gasteiger partial charge in [0, 0.05) is 11.1 Å². The number of rotatable bonds is 5. The Morgan fingerprint density at radius 3 is 2.31 bits per heavy atom. The lowest BCUT2D eigenvalue weighted by Gasteiger charge is -2.27. The van der Waals surface area contributed by atoms with E-state index >= 15 is 0 Å². The molecule has 1 amide bonds. The molecule has 0 saturated heterocycles. The fourth-order valence-electron chi connectivity index (χ4n) is 3.99. The quantitative estimate of drug-likeness (QED) is 0.607. The summed E-state index contributed by atoms with van der Waals surface area (Å²) >= 11 is 0. The number of fused-ring (bicyclic) bond motifs is 1. The molecule has 1 saturated carbocycles. The Bertz CT molecular complexity index is 1020. The van der Waals surface area contributed by atoms with Crippen LogP contribution in [0.3, 0.4) is 0 Å². The SMILES string of the molecule is O=C(O)[C@@H]1CCCC[C@H]1C(=O)Nc1ccc(Oc2cccc3ccccc23)cc1. The minimum absolute atomic E-state index is 0.222. The highest BCUT2D eigenvalue weighted by Gasteiger charge is 2.35. The van der Waals surface area contributed by atoms with E-state index in [9.17, 15) is 14.7 Å². The largest absolute Gasteiger partial charge is 0.481 e. The van der Waals surface area contributed by atoms with Crippen LogP contribution in [0.5, 0.6) is 11.5 Å². The van der Waals surface area contributed by atoms with Gasteiger partial charge in [0.05, 0.1) is 11.8 Å². The van der Waals surface area contributed by atoms with E-state index in [1.807, 2.05) is 42.5 Å². The molecular weight excluding hydrogens is 366 g/mol. The summed E-state index contributed by atoms with van der Waals surface area (Å²) in [6.45, 7) is 0. The summed E-state index contributed by atoms with van der Waals surface area (Å²) < 4.78 is 6.03. The Labute approximate surface area is 169 Å². The number of amides is 1. The maximum atomic E-state index is 12.6. The summed E-state index contributed by atoms with van der Waals surface area (Å²) in [5.74, 6) is -0.749. The van der Waals surface area contributed by atoms with Gasteiger partial charge in [0.2, 0.25) is 5.91 Å². The van der Waals surface area contributed by atoms with E-state index in [1.165, 1.54) is 0 Å². The molecule has 4 rings (SSSR count). The standard InChI is InChI=1S/C24H23NO4/c26-23(20-9-3-4-10-21(20)24(27)28)25-17-12-14-18(15-13-17)29-22-11-5-7-16-6-1-2-8-19(16)22/h1-2,5-8,11-15,20-21H,3-4,9-10H2,(H,25,26)(H,27,28)/t20-,21-/m1/s1. The third-order valence-electron chi connectivity index (χ3n) is 5.52. The topological polar surface area (TPSA) is 75.6 Å².